The van der Waals surface area contributed by atoms with Gasteiger partial charge in [0.25, 0.3) is 5.69 Å². The first-order valence-electron chi connectivity index (χ1n) is 8.97. The third-order valence-electron chi connectivity index (χ3n) is 4.70. The van der Waals surface area contributed by atoms with Crippen LogP contribution < -0.4 is 5.32 Å². The second-order valence-electron chi connectivity index (χ2n) is 6.64. The molecular formula is C20H23N3O4. The summed E-state index contributed by atoms with van der Waals surface area (Å²) in [7, 11) is 1.26. The van der Waals surface area contributed by atoms with Gasteiger partial charge in [0.2, 0.25) is 0 Å². The topological polar surface area (TPSA) is 84.7 Å². The molecule has 1 aliphatic rings. The van der Waals surface area contributed by atoms with Crippen LogP contribution in [-0.2, 0) is 17.8 Å². The molecule has 0 bridgehead atoms. The standard InChI is InChI=1S/C20H23N3O4/c1-27-20(24)18-12-17(23(25)26)7-8-19(18)21-13-15-5-4-6-16(11-15)14-22-9-2-3-10-22/h4-8,11-12,21H,2-3,9-10,13-14H2,1H3. The van der Waals surface area contributed by atoms with Crippen molar-refractivity contribution in [1.29, 1.82) is 0 Å². The minimum atomic E-state index is -0.607. The van der Waals surface area contributed by atoms with Gasteiger partial charge in [0.15, 0.2) is 0 Å². The number of carbonyl (C=O) groups is 1. The lowest BCUT2D eigenvalue weighted by molar-refractivity contribution is -0.384. The maximum absolute atomic E-state index is 12.0. The number of nitrogens with zero attached hydrogens (tertiary/aromatic N) is 2. The van der Waals surface area contributed by atoms with E-state index in [9.17, 15) is 14.9 Å². The van der Waals surface area contributed by atoms with Crippen molar-refractivity contribution in [3.63, 3.8) is 0 Å². The summed E-state index contributed by atoms with van der Waals surface area (Å²) < 4.78 is 4.75. The first-order chi connectivity index (χ1) is 13.1. The molecule has 1 N–H and O–H groups in total. The first-order valence-corrected chi connectivity index (χ1v) is 8.97. The van der Waals surface area contributed by atoms with Crippen LogP contribution in [0.1, 0.15) is 34.3 Å². The van der Waals surface area contributed by atoms with Crippen LogP contribution in [0, 0.1) is 10.1 Å². The number of non-ortho nitro benzene ring substituents is 1. The van der Waals surface area contributed by atoms with Crippen molar-refractivity contribution in [2.45, 2.75) is 25.9 Å². The Kier molecular flexibility index (Phi) is 6.03. The molecule has 27 heavy (non-hydrogen) atoms. The van der Waals surface area contributed by atoms with E-state index < -0.39 is 10.9 Å². The molecule has 2 aromatic rings. The number of methoxy groups -OCH3 is 1. The maximum Gasteiger partial charge on any atom is 0.340 e. The Balaban J connectivity index is 1.72. The van der Waals surface area contributed by atoms with Gasteiger partial charge in [-0.25, -0.2) is 4.79 Å². The first kappa shape index (κ1) is 18.8. The van der Waals surface area contributed by atoms with Crippen molar-refractivity contribution < 1.29 is 14.5 Å². The van der Waals surface area contributed by atoms with Crippen LogP contribution in [0.25, 0.3) is 0 Å². The number of nitrogens with one attached hydrogen (secondary N) is 1. The predicted octanol–water partition coefficient (Wildman–Crippen LogP) is 3.59. The van der Waals surface area contributed by atoms with Crippen LogP contribution in [0.3, 0.4) is 0 Å². The monoisotopic (exact) mass is 369 g/mol. The quantitative estimate of drug-likeness (QED) is 0.456. The van der Waals surface area contributed by atoms with Crippen molar-refractivity contribution in [3.8, 4) is 0 Å². The maximum atomic E-state index is 12.0. The molecule has 0 saturated carbocycles. The number of hydrogen-bond donors (Lipinski definition) is 1. The summed E-state index contributed by atoms with van der Waals surface area (Å²) in [5, 5.41) is 14.2. The number of benzene rings is 2. The highest BCUT2D eigenvalue weighted by molar-refractivity contribution is 5.96. The van der Waals surface area contributed by atoms with Crippen molar-refractivity contribution in [1.82, 2.24) is 4.90 Å². The van der Waals surface area contributed by atoms with E-state index >= 15 is 0 Å². The van der Waals surface area contributed by atoms with E-state index in [1.54, 1.807) is 6.07 Å². The van der Waals surface area contributed by atoms with Crippen LogP contribution in [0.15, 0.2) is 42.5 Å². The van der Waals surface area contributed by atoms with E-state index in [-0.39, 0.29) is 11.3 Å². The molecule has 1 fully saturated rings. The van der Waals surface area contributed by atoms with Gasteiger partial charge < -0.3 is 10.1 Å². The third kappa shape index (κ3) is 4.83. The molecule has 0 atom stereocenters. The van der Waals surface area contributed by atoms with Crippen LogP contribution >= 0.6 is 0 Å². The van der Waals surface area contributed by atoms with Gasteiger partial charge in [0, 0.05) is 30.9 Å². The van der Waals surface area contributed by atoms with Gasteiger partial charge in [-0.05, 0) is 43.1 Å². The lowest BCUT2D eigenvalue weighted by atomic mass is 10.1. The molecule has 0 spiro atoms. The Hall–Kier alpha value is -2.93. The Labute approximate surface area is 158 Å². The van der Waals surface area contributed by atoms with Gasteiger partial charge in [-0.2, -0.15) is 0 Å². The van der Waals surface area contributed by atoms with E-state index in [1.807, 2.05) is 12.1 Å². The Bertz CT molecular complexity index is 832. The normalized spacial score (nSPS) is 14.1. The van der Waals surface area contributed by atoms with Gasteiger partial charge in [-0.3, -0.25) is 15.0 Å². The lowest BCUT2D eigenvalue weighted by Gasteiger charge is -2.16. The number of hydrogen-bond acceptors (Lipinski definition) is 6. The van der Waals surface area contributed by atoms with Crippen LogP contribution in [-0.4, -0.2) is 36.0 Å². The molecule has 1 saturated heterocycles. The van der Waals surface area contributed by atoms with E-state index in [1.165, 1.54) is 37.6 Å². The Morgan fingerprint density at radius 3 is 2.63 bits per heavy atom. The van der Waals surface area contributed by atoms with Gasteiger partial charge in [-0.15, -0.1) is 0 Å². The van der Waals surface area contributed by atoms with Gasteiger partial charge in [0.1, 0.15) is 0 Å². The molecule has 0 amide bonds. The zero-order valence-electron chi connectivity index (χ0n) is 15.3. The summed E-state index contributed by atoms with van der Waals surface area (Å²) >= 11 is 0. The SMILES string of the molecule is COC(=O)c1cc([N+](=O)[O-])ccc1NCc1cccc(CN2CCCC2)c1. The van der Waals surface area contributed by atoms with E-state index in [4.69, 9.17) is 4.74 Å². The molecular weight excluding hydrogens is 346 g/mol. The molecule has 1 heterocycles. The van der Waals surface area contributed by atoms with Crippen LogP contribution in [0.2, 0.25) is 0 Å². The summed E-state index contributed by atoms with van der Waals surface area (Å²) in [5.74, 6) is -0.607. The smallest absolute Gasteiger partial charge is 0.340 e. The summed E-state index contributed by atoms with van der Waals surface area (Å²) in [4.78, 5) is 24.9. The van der Waals surface area contributed by atoms with Gasteiger partial charge in [-0.1, -0.05) is 24.3 Å². The number of ether oxygens (including phenoxy) is 1. The molecule has 0 aromatic heterocycles. The van der Waals surface area contributed by atoms with Crippen LogP contribution in [0.5, 0.6) is 0 Å². The van der Waals surface area contributed by atoms with Crippen molar-refractivity contribution in [2.24, 2.45) is 0 Å². The average Bonchev–Trinajstić information content (AvgIpc) is 3.19. The third-order valence-corrected chi connectivity index (χ3v) is 4.70. The van der Waals surface area contributed by atoms with E-state index in [2.05, 4.69) is 22.3 Å². The number of anilines is 1. The molecule has 3 rings (SSSR count). The molecule has 1 aliphatic heterocycles. The predicted molar refractivity (Wildman–Crippen MR) is 103 cm³/mol. The Morgan fingerprint density at radius 2 is 1.93 bits per heavy atom. The molecule has 0 radical (unpaired) electrons. The number of likely N-dealkylation sites (tertiary alicyclic amines) is 1. The number of rotatable bonds is 7. The molecule has 7 heteroatoms. The van der Waals surface area contributed by atoms with Crippen molar-refractivity contribution >= 4 is 17.3 Å². The minimum Gasteiger partial charge on any atom is -0.465 e. The summed E-state index contributed by atoms with van der Waals surface area (Å²) in [5.41, 5.74) is 2.86. The average molecular weight is 369 g/mol. The van der Waals surface area contributed by atoms with Crippen molar-refractivity contribution in [3.05, 3.63) is 69.3 Å². The summed E-state index contributed by atoms with van der Waals surface area (Å²) in [6, 6.07) is 12.5. The molecule has 7 nitrogen and oxygen atoms in total. The number of nitro benzene ring substituents is 1. The lowest BCUT2D eigenvalue weighted by Crippen LogP contribution is -2.18. The summed E-state index contributed by atoms with van der Waals surface area (Å²) in [6.07, 6.45) is 2.52. The van der Waals surface area contributed by atoms with Crippen LogP contribution in [0.4, 0.5) is 11.4 Å². The molecule has 0 unspecified atom stereocenters. The Morgan fingerprint density at radius 1 is 1.19 bits per heavy atom. The highest BCUT2D eigenvalue weighted by Crippen LogP contribution is 2.24. The number of carbonyl (C=O) groups excluding carboxylic acids is 1. The van der Waals surface area contributed by atoms with E-state index in [0.717, 1.165) is 25.2 Å². The highest BCUT2D eigenvalue weighted by Gasteiger charge is 2.17. The fourth-order valence-electron chi connectivity index (χ4n) is 3.31. The fraction of sp³-hybridized carbons (Fsp3) is 0.350. The number of esters is 1. The number of nitro groups is 1. The molecule has 0 aliphatic carbocycles. The molecule has 142 valence electrons. The fourth-order valence-corrected chi connectivity index (χ4v) is 3.31. The minimum absolute atomic E-state index is 0.145. The molecule has 2 aromatic carbocycles. The second kappa shape index (κ2) is 8.64. The zero-order valence-corrected chi connectivity index (χ0v) is 15.3. The van der Waals surface area contributed by atoms with E-state index in [0.29, 0.717) is 12.2 Å². The highest BCUT2D eigenvalue weighted by atomic mass is 16.6. The second-order valence-corrected chi connectivity index (χ2v) is 6.64. The largest absolute Gasteiger partial charge is 0.465 e. The zero-order chi connectivity index (χ0) is 19.2. The summed E-state index contributed by atoms with van der Waals surface area (Å²) in [6.45, 7) is 3.75. The van der Waals surface area contributed by atoms with Gasteiger partial charge in [0.05, 0.1) is 17.6 Å². The van der Waals surface area contributed by atoms with Gasteiger partial charge >= 0.3 is 5.97 Å². The van der Waals surface area contributed by atoms with Crippen molar-refractivity contribution in [2.75, 3.05) is 25.5 Å².